The van der Waals surface area contributed by atoms with Gasteiger partial charge >= 0.3 is 0 Å². The normalized spacial score (nSPS) is 17.3. The third-order valence-electron chi connectivity index (χ3n) is 0.560. The molecule has 0 aliphatic rings. The smallest absolute Gasteiger partial charge is 0.255 e. The first-order valence-corrected chi connectivity index (χ1v) is 7.31. The number of hydrogen-bond acceptors (Lipinski definition) is 4. The number of thiol groups is 1. The van der Waals surface area contributed by atoms with Gasteiger partial charge in [0, 0.05) is 24.4 Å². The van der Waals surface area contributed by atoms with Crippen LogP contribution >= 0.6 is 30.0 Å². The zero-order chi connectivity index (χ0) is 8.20. The van der Waals surface area contributed by atoms with Crippen molar-refractivity contribution in [2.75, 3.05) is 7.11 Å². The van der Waals surface area contributed by atoms with Gasteiger partial charge in [-0.15, -0.1) is 0 Å². The molecular weight excluding hydrogens is 207 g/mol. The molecule has 0 aliphatic heterocycles. The molecule has 0 bridgehead atoms. The quantitative estimate of drug-likeness (QED) is 0.444. The Kier molecular flexibility index (Phi) is 5.65. The summed E-state index contributed by atoms with van der Waals surface area (Å²) in [6.45, 7) is 4.03. The van der Waals surface area contributed by atoms with E-state index >= 15 is 0 Å². The lowest BCUT2D eigenvalue weighted by Crippen LogP contribution is -1.87. The van der Waals surface area contributed by atoms with E-state index in [1.165, 1.54) is 19.2 Å². The zero-order valence-electron chi connectivity index (χ0n) is 6.10. The van der Waals surface area contributed by atoms with Gasteiger partial charge in [0.1, 0.15) is 0 Å². The molecular formula is C4H11O2PS3. The lowest BCUT2D eigenvalue weighted by molar-refractivity contribution is 0.424. The Morgan fingerprint density at radius 1 is 1.60 bits per heavy atom. The fraction of sp³-hybridized carbons (Fsp3) is 1.00. The molecule has 0 saturated heterocycles. The van der Waals surface area contributed by atoms with Gasteiger partial charge < -0.3 is 4.52 Å². The summed E-state index contributed by atoms with van der Waals surface area (Å²) in [7, 11) is 1.51. The highest BCUT2D eigenvalue weighted by atomic mass is 32.9. The van der Waals surface area contributed by atoms with Crippen LogP contribution in [0.3, 0.4) is 0 Å². The maximum Gasteiger partial charge on any atom is 0.255 e. The van der Waals surface area contributed by atoms with Crippen molar-refractivity contribution in [2.24, 2.45) is 0 Å². The summed E-state index contributed by atoms with van der Waals surface area (Å²) in [5, 5.41) is 0.393. The van der Waals surface area contributed by atoms with E-state index < -0.39 is 5.69 Å². The first-order chi connectivity index (χ1) is 4.48. The highest BCUT2D eigenvalue weighted by molar-refractivity contribution is 8.61. The maximum absolute atomic E-state index is 5.12. The lowest BCUT2D eigenvalue weighted by atomic mass is 10.6. The predicted molar refractivity (Wildman–Crippen MR) is 54.1 cm³/mol. The molecule has 62 valence electrons. The maximum atomic E-state index is 5.12. The van der Waals surface area contributed by atoms with Crippen molar-refractivity contribution in [2.45, 2.75) is 19.1 Å². The van der Waals surface area contributed by atoms with Crippen molar-refractivity contribution >= 4 is 41.8 Å². The van der Waals surface area contributed by atoms with Gasteiger partial charge in [0.2, 0.25) is 0 Å². The highest BCUT2D eigenvalue weighted by Gasteiger charge is 2.11. The molecule has 0 saturated carbocycles. The van der Waals surface area contributed by atoms with E-state index in [0.29, 0.717) is 5.25 Å². The summed E-state index contributed by atoms with van der Waals surface area (Å²) < 4.78 is 9.96. The van der Waals surface area contributed by atoms with Crippen LogP contribution in [-0.2, 0) is 20.3 Å². The second-order valence-electron chi connectivity index (χ2n) is 1.87. The Labute approximate surface area is 76.6 Å². The van der Waals surface area contributed by atoms with Crippen LogP contribution in [0, 0.1) is 0 Å². The average Bonchev–Trinajstić information content (AvgIpc) is 1.85. The van der Waals surface area contributed by atoms with Crippen LogP contribution in [0.25, 0.3) is 0 Å². The third kappa shape index (κ3) is 6.01. The first-order valence-electron chi connectivity index (χ1n) is 2.71. The van der Waals surface area contributed by atoms with Crippen LogP contribution < -0.4 is 0 Å². The van der Waals surface area contributed by atoms with E-state index in [4.69, 9.17) is 20.3 Å². The highest BCUT2D eigenvalue weighted by Crippen LogP contribution is 2.56. The standard InChI is InChI=1S/C4H11O2PS3/c1-4(2)10-6-7(8,9)5-3/h4H,1-3H3,(H,8,9). The molecule has 6 heteroatoms. The van der Waals surface area contributed by atoms with Crippen molar-refractivity contribution in [3.05, 3.63) is 0 Å². The Morgan fingerprint density at radius 3 is 2.40 bits per heavy atom. The van der Waals surface area contributed by atoms with Crippen molar-refractivity contribution < 1.29 is 8.49 Å². The molecule has 0 amide bonds. The van der Waals surface area contributed by atoms with Gasteiger partial charge in [-0.2, -0.15) is 0 Å². The molecule has 0 aromatic heterocycles. The summed E-state index contributed by atoms with van der Waals surface area (Å²) in [6, 6.07) is 0. The van der Waals surface area contributed by atoms with Crippen molar-refractivity contribution in [3.63, 3.8) is 0 Å². The average molecular weight is 218 g/mol. The molecule has 0 spiro atoms. The summed E-state index contributed by atoms with van der Waals surface area (Å²) in [4.78, 5) is 0. The second kappa shape index (κ2) is 5.01. The van der Waals surface area contributed by atoms with Gasteiger partial charge in [0.15, 0.2) is 0 Å². The van der Waals surface area contributed by atoms with E-state index in [2.05, 4.69) is 12.2 Å². The van der Waals surface area contributed by atoms with Crippen molar-refractivity contribution in [3.8, 4) is 0 Å². The summed E-state index contributed by atoms with van der Waals surface area (Å²) in [6.07, 6.45) is 0. The van der Waals surface area contributed by atoms with Crippen LogP contribution in [-0.4, -0.2) is 12.4 Å². The predicted octanol–water partition coefficient (Wildman–Crippen LogP) is 2.86. The second-order valence-corrected chi connectivity index (χ2v) is 8.74. The van der Waals surface area contributed by atoms with E-state index in [-0.39, 0.29) is 0 Å². The largest absolute Gasteiger partial charge is 0.325 e. The Hall–Kier alpha value is 1.27. The van der Waals surface area contributed by atoms with Gasteiger partial charge in [0.05, 0.1) is 0 Å². The molecule has 2 nitrogen and oxygen atoms in total. The third-order valence-corrected chi connectivity index (χ3v) is 4.59. The van der Waals surface area contributed by atoms with Crippen LogP contribution in [0.1, 0.15) is 13.8 Å². The van der Waals surface area contributed by atoms with Gasteiger partial charge in [-0.3, -0.25) is 3.97 Å². The SMILES string of the molecule is COP(=S)(S)OSC(C)C. The summed E-state index contributed by atoms with van der Waals surface area (Å²) >= 11 is 10.2. The van der Waals surface area contributed by atoms with Gasteiger partial charge in [-0.25, -0.2) is 0 Å². The van der Waals surface area contributed by atoms with Crippen molar-refractivity contribution in [1.82, 2.24) is 0 Å². The van der Waals surface area contributed by atoms with Gasteiger partial charge in [0.25, 0.3) is 5.69 Å². The Balaban J connectivity index is 3.58. The molecule has 0 aromatic rings. The molecule has 0 rings (SSSR count). The minimum Gasteiger partial charge on any atom is -0.325 e. The molecule has 1 atom stereocenters. The number of rotatable bonds is 4. The molecule has 0 aliphatic carbocycles. The molecule has 0 aromatic carbocycles. The molecule has 0 heterocycles. The first kappa shape index (κ1) is 11.3. The fourth-order valence-electron chi connectivity index (χ4n) is 0.171. The zero-order valence-corrected chi connectivity index (χ0v) is 9.53. The van der Waals surface area contributed by atoms with Gasteiger partial charge in [-0.1, -0.05) is 26.1 Å². The van der Waals surface area contributed by atoms with E-state index in [1.807, 2.05) is 13.8 Å². The van der Waals surface area contributed by atoms with E-state index in [0.717, 1.165) is 0 Å². The molecule has 1 unspecified atom stereocenters. The topological polar surface area (TPSA) is 18.5 Å². The molecule has 0 radical (unpaired) electrons. The van der Waals surface area contributed by atoms with Crippen LogP contribution in [0.15, 0.2) is 0 Å². The monoisotopic (exact) mass is 218 g/mol. The number of hydrogen-bond donors (Lipinski definition) is 1. The van der Waals surface area contributed by atoms with Gasteiger partial charge in [-0.05, 0) is 11.8 Å². The minimum atomic E-state index is -2.24. The molecule has 0 N–H and O–H groups in total. The summed E-state index contributed by atoms with van der Waals surface area (Å²) in [5.74, 6) is 0. The van der Waals surface area contributed by atoms with E-state index in [9.17, 15) is 0 Å². The Morgan fingerprint density at radius 2 is 2.10 bits per heavy atom. The van der Waals surface area contributed by atoms with Crippen LogP contribution in [0.2, 0.25) is 0 Å². The summed E-state index contributed by atoms with van der Waals surface area (Å²) in [5.41, 5.74) is -2.24. The molecule has 10 heavy (non-hydrogen) atoms. The van der Waals surface area contributed by atoms with Crippen LogP contribution in [0.4, 0.5) is 0 Å². The minimum absolute atomic E-state index is 0.393. The Bertz CT molecular complexity index is 138. The fourth-order valence-corrected chi connectivity index (χ4v) is 2.20. The molecule has 0 fully saturated rings. The lowest BCUT2D eigenvalue weighted by Gasteiger charge is -2.13. The van der Waals surface area contributed by atoms with E-state index in [1.54, 1.807) is 0 Å². The van der Waals surface area contributed by atoms with Crippen molar-refractivity contribution in [1.29, 1.82) is 0 Å². The van der Waals surface area contributed by atoms with Crippen LogP contribution in [0.5, 0.6) is 0 Å².